The zero-order chi connectivity index (χ0) is 25.5. The summed E-state index contributed by atoms with van der Waals surface area (Å²) in [5.41, 5.74) is 0.599. The molecule has 0 spiro atoms. The van der Waals surface area contributed by atoms with Crippen LogP contribution >= 0.6 is 35.3 Å². The molecule has 0 radical (unpaired) electrons. The molecule has 4 rings (SSSR count). The summed E-state index contributed by atoms with van der Waals surface area (Å²) in [6.45, 7) is 6.31. The van der Waals surface area contributed by atoms with E-state index >= 15 is 0 Å². The van der Waals surface area contributed by atoms with Crippen molar-refractivity contribution in [3.63, 3.8) is 0 Å². The van der Waals surface area contributed by atoms with Crippen LogP contribution in [-0.4, -0.2) is 48.3 Å². The number of thiophene rings is 1. The molecule has 1 fully saturated rings. The number of anilines is 1. The lowest BCUT2D eigenvalue weighted by molar-refractivity contribution is -0.135. The van der Waals surface area contributed by atoms with Crippen LogP contribution in [0.2, 0.25) is 0 Å². The van der Waals surface area contributed by atoms with E-state index in [9.17, 15) is 9.59 Å². The number of amides is 2. The molecule has 6 nitrogen and oxygen atoms in total. The van der Waals surface area contributed by atoms with E-state index in [4.69, 9.17) is 16.3 Å². The number of hydrogen-bond acceptors (Lipinski definition) is 5. The van der Waals surface area contributed by atoms with Gasteiger partial charge >= 0.3 is 0 Å². The molecule has 0 saturated carbocycles. The van der Waals surface area contributed by atoms with Gasteiger partial charge in [0.2, 0.25) is 5.91 Å². The largest absolute Gasteiger partial charge is 0.457 e. The van der Waals surface area contributed by atoms with Gasteiger partial charge in [0.1, 0.15) is 23.4 Å². The van der Waals surface area contributed by atoms with Crippen molar-refractivity contribution in [2.45, 2.75) is 32.4 Å². The van der Waals surface area contributed by atoms with Gasteiger partial charge in [-0.15, -0.1) is 35.3 Å². The molecule has 2 aromatic carbocycles. The molecule has 198 valence electrons. The Kier molecular flexibility index (Phi) is 10.8. The SMILES string of the molecule is CC(C)C[C@H]1CN(C(=O)[C@@H](c2cccs2)N(C(=O)CCl)c2ccc(Oc3ccccc3)cc2)CCN1.Cl. The van der Waals surface area contributed by atoms with E-state index in [1.54, 1.807) is 24.3 Å². The van der Waals surface area contributed by atoms with Gasteiger partial charge in [0.05, 0.1) is 0 Å². The van der Waals surface area contributed by atoms with Gasteiger partial charge in [-0.05, 0) is 60.2 Å². The summed E-state index contributed by atoms with van der Waals surface area (Å²) in [6, 6.07) is 20.0. The summed E-state index contributed by atoms with van der Waals surface area (Å²) in [5, 5.41) is 5.45. The van der Waals surface area contributed by atoms with Gasteiger partial charge in [-0.25, -0.2) is 0 Å². The van der Waals surface area contributed by atoms with Crippen LogP contribution in [0.25, 0.3) is 0 Å². The number of piperazine rings is 1. The normalized spacial score (nSPS) is 16.1. The number of ether oxygens (including phenoxy) is 1. The smallest absolute Gasteiger partial charge is 0.251 e. The molecule has 0 bridgehead atoms. The molecule has 2 amide bonds. The Bertz CT molecular complexity index is 1130. The van der Waals surface area contributed by atoms with Crippen molar-refractivity contribution in [3.05, 3.63) is 77.0 Å². The zero-order valence-electron chi connectivity index (χ0n) is 21.0. The van der Waals surface area contributed by atoms with Crippen LogP contribution in [0.5, 0.6) is 11.5 Å². The summed E-state index contributed by atoms with van der Waals surface area (Å²) >= 11 is 7.53. The summed E-state index contributed by atoms with van der Waals surface area (Å²) in [4.78, 5) is 31.4. The molecular formula is C28H33Cl2N3O3S. The number of nitrogens with one attached hydrogen (secondary N) is 1. The van der Waals surface area contributed by atoms with Crippen LogP contribution in [0.1, 0.15) is 31.2 Å². The van der Waals surface area contributed by atoms with Crippen molar-refractivity contribution in [1.29, 1.82) is 0 Å². The third-order valence-corrected chi connectivity index (χ3v) is 7.26. The Balaban J connectivity index is 0.00000380. The molecule has 9 heteroatoms. The van der Waals surface area contributed by atoms with Crippen LogP contribution in [0.15, 0.2) is 72.1 Å². The van der Waals surface area contributed by atoms with Gasteiger partial charge < -0.3 is 15.0 Å². The Morgan fingerprint density at radius 1 is 1.08 bits per heavy atom. The minimum absolute atomic E-state index is 0. The number of carbonyl (C=O) groups excluding carboxylic acids is 2. The molecule has 1 aromatic heterocycles. The highest BCUT2D eigenvalue weighted by Gasteiger charge is 2.37. The molecule has 1 saturated heterocycles. The highest BCUT2D eigenvalue weighted by atomic mass is 35.5. The van der Waals surface area contributed by atoms with Gasteiger partial charge in [-0.3, -0.25) is 14.5 Å². The maximum absolute atomic E-state index is 14.0. The van der Waals surface area contributed by atoms with Gasteiger partial charge in [-0.2, -0.15) is 0 Å². The second-order valence-electron chi connectivity index (χ2n) is 9.29. The van der Waals surface area contributed by atoms with E-state index in [0.29, 0.717) is 30.4 Å². The highest BCUT2D eigenvalue weighted by molar-refractivity contribution is 7.10. The molecule has 2 atom stereocenters. The van der Waals surface area contributed by atoms with Gasteiger partial charge in [-0.1, -0.05) is 38.1 Å². The standard InChI is InChI=1S/C28H32ClN3O3S.ClH/c1-20(2)17-21-19-31(15-14-30-21)28(34)27(25-9-6-16-36-25)32(26(33)18-29)22-10-12-24(13-11-22)35-23-7-4-3-5-8-23;/h3-13,16,20-21,27,30H,14-15,17-19H2,1-2H3;1H/t21-,27+;/m0./s1. The van der Waals surface area contributed by atoms with Gasteiger partial charge in [0.25, 0.3) is 5.91 Å². The predicted molar refractivity (Wildman–Crippen MR) is 153 cm³/mol. The zero-order valence-corrected chi connectivity index (χ0v) is 23.4. The summed E-state index contributed by atoms with van der Waals surface area (Å²) < 4.78 is 5.91. The second-order valence-corrected chi connectivity index (χ2v) is 10.5. The number of hydrogen-bond donors (Lipinski definition) is 1. The average molecular weight is 563 g/mol. The van der Waals surface area contributed by atoms with E-state index in [-0.39, 0.29) is 36.1 Å². The third-order valence-electron chi connectivity index (χ3n) is 6.10. The Morgan fingerprint density at radius 2 is 1.78 bits per heavy atom. The van der Waals surface area contributed by atoms with E-state index in [1.807, 2.05) is 52.7 Å². The number of benzene rings is 2. The van der Waals surface area contributed by atoms with Crippen molar-refractivity contribution in [2.75, 3.05) is 30.4 Å². The predicted octanol–water partition coefficient (Wildman–Crippen LogP) is 6.12. The van der Waals surface area contributed by atoms with Crippen LogP contribution < -0.4 is 15.0 Å². The number of nitrogens with zero attached hydrogens (tertiary/aromatic N) is 2. The maximum atomic E-state index is 14.0. The Labute approximate surface area is 234 Å². The minimum Gasteiger partial charge on any atom is -0.457 e. The van der Waals surface area contributed by atoms with Gasteiger partial charge in [0, 0.05) is 36.2 Å². The topological polar surface area (TPSA) is 61.9 Å². The third kappa shape index (κ3) is 7.48. The molecule has 3 aromatic rings. The molecule has 1 N–H and O–H groups in total. The van der Waals surface area contributed by atoms with Crippen molar-refractivity contribution in [1.82, 2.24) is 10.2 Å². The van der Waals surface area contributed by atoms with Crippen LogP contribution in [-0.2, 0) is 9.59 Å². The number of alkyl halides is 1. The number of carbonyl (C=O) groups is 2. The summed E-state index contributed by atoms with van der Waals surface area (Å²) in [6.07, 6.45) is 0.987. The number of rotatable bonds is 9. The first-order valence-electron chi connectivity index (χ1n) is 12.2. The fourth-order valence-electron chi connectivity index (χ4n) is 4.53. The second kappa shape index (κ2) is 13.8. The lowest BCUT2D eigenvalue weighted by atomic mass is 10.0. The number of halogens is 2. The van der Waals surface area contributed by atoms with Crippen molar-refractivity contribution in [2.24, 2.45) is 5.92 Å². The molecular weight excluding hydrogens is 529 g/mol. The molecule has 37 heavy (non-hydrogen) atoms. The van der Waals surface area contributed by atoms with Crippen LogP contribution in [0.4, 0.5) is 5.69 Å². The van der Waals surface area contributed by atoms with E-state index < -0.39 is 6.04 Å². The van der Waals surface area contributed by atoms with E-state index in [2.05, 4.69) is 19.2 Å². The molecule has 1 aliphatic rings. The van der Waals surface area contributed by atoms with Crippen LogP contribution in [0, 0.1) is 5.92 Å². The first-order valence-corrected chi connectivity index (χ1v) is 13.6. The maximum Gasteiger partial charge on any atom is 0.251 e. The van der Waals surface area contributed by atoms with Crippen LogP contribution in [0.3, 0.4) is 0 Å². The first-order chi connectivity index (χ1) is 17.5. The van der Waals surface area contributed by atoms with Gasteiger partial charge in [0.15, 0.2) is 0 Å². The first kappa shape index (κ1) is 29.0. The van der Waals surface area contributed by atoms with Crippen molar-refractivity contribution in [3.8, 4) is 11.5 Å². The lowest BCUT2D eigenvalue weighted by Gasteiger charge is -2.39. The van der Waals surface area contributed by atoms with Crippen molar-refractivity contribution >= 4 is 52.8 Å². The molecule has 0 unspecified atom stereocenters. The monoisotopic (exact) mass is 561 g/mol. The van der Waals surface area contributed by atoms with E-state index in [0.717, 1.165) is 23.6 Å². The average Bonchev–Trinajstić information content (AvgIpc) is 3.42. The molecule has 2 heterocycles. The van der Waals surface area contributed by atoms with E-state index in [1.165, 1.54) is 16.2 Å². The fourth-order valence-corrected chi connectivity index (χ4v) is 5.47. The fraction of sp³-hybridized carbons (Fsp3) is 0.357. The molecule has 0 aliphatic carbocycles. The highest BCUT2D eigenvalue weighted by Crippen LogP contribution is 2.34. The quantitative estimate of drug-likeness (QED) is 0.319. The van der Waals surface area contributed by atoms with Crippen molar-refractivity contribution < 1.29 is 14.3 Å². The minimum atomic E-state index is -0.782. The molecule has 1 aliphatic heterocycles. The Morgan fingerprint density at radius 3 is 2.41 bits per heavy atom. The summed E-state index contributed by atoms with van der Waals surface area (Å²) in [7, 11) is 0. The lowest BCUT2D eigenvalue weighted by Crippen LogP contribution is -2.56. The Hall–Kier alpha value is -2.58. The summed E-state index contributed by atoms with van der Waals surface area (Å²) in [5.74, 6) is 1.25. The number of para-hydroxylation sites is 1.